The van der Waals surface area contributed by atoms with Crippen LogP contribution in [0.25, 0.3) is 11.4 Å². The van der Waals surface area contributed by atoms with Gasteiger partial charge in [0.2, 0.25) is 0 Å². The van der Waals surface area contributed by atoms with Crippen LogP contribution in [-0.2, 0) is 6.54 Å². The molecule has 184 valence electrons. The number of nitrogens with zero attached hydrogens (tertiary/aromatic N) is 7. The van der Waals surface area contributed by atoms with E-state index >= 15 is 0 Å². The van der Waals surface area contributed by atoms with Crippen molar-refractivity contribution in [3.63, 3.8) is 0 Å². The van der Waals surface area contributed by atoms with Crippen molar-refractivity contribution in [1.82, 2.24) is 35.0 Å². The first-order valence-corrected chi connectivity index (χ1v) is 12.1. The second-order valence-corrected chi connectivity index (χ2v) is 9.54. The van der Waals surface area contributed by atoms with Gasteiger partial charge in [-0.15, -0.1) is 0 Å². The number of nitrogens with one attached hydrogen (secondary N) is 2. The molecular weight excluding hydrogens is 454 g/mol. The first-order chi connectivity index (χ1) is 17.5. The summed E-state index contributed by atoms with van der Waals surface area (Å²) in [6, 6.07) is 11.1. The second kappa shape index (κ2) is 9.19. The number of aromatic amines is 1. The van der Waals surface area contributed by atoms with Crippen LogP contribution >= 0.6 is 0 Å². The zero-order valence-corrected chi connectivity index (χ0v) is 20.6. The van der Waals surface area contributed by atoms with Crippen LogP contribution in [0.15, 0.2) is 48.9 Å². The number of H-pyrrole nitrogens is 1. The number of aromatic nitrogens is 6. The van der Waals surface area contributed by atoms with Gasteiger partial charge in [-0.2, -0.15) is 5.10 Å². The summed E-state index contributed by atoms with van der Waals surface area (Å²) in [5.41, 5.74) is 3.94. The van der Waals surface area contributed by atoms with E-state index in [9.17, 15) is 0 Å². The normalized spacial score (nSPS) is 19.1. The summed E-state index contributed by atoms with van der Waals surface area (Å²) >= 11 is 0. The van der Waals surface area contributed by atoms with Gasteiger partial charge in [0, 0.05) is 73.2 Å². The van der Waals surface area contributed by atoms with Crippen molar-refractivity contribution in [3.8, 4) is 17.1 Å². The summed E-state index contributed by atoms with van der Waals surface area (Å²) in [5, 5.41) is 10.4. The molecule has 2 N–H and O–H groups in total. The van der Waals surface area contributed by atoms with Crippen molar-refractivity contribution in [2.75, 3.05) is 30.4 Å². The third kappa shape index (κ3) is 4.47. The van der Waals surface area contributed by atoms with Gasteiger partial charge in [-0.3, -0.25) is 15.0 Å². The molecule has 3 aliphatic heterocycles. The third-order valence-corrected chi connectivity index (χ3v) is 6.86. The summed E-state index contributed by atoms with van der Waals surface area (Å²) < 4.78 is 5.33. The zero-order valence-electron chi connectivity index (χ0n) is 20.6. The number of fused-ring (bicyclic) bond motifs is 2. The van der Waals surface area contributed by atoms with E-state index in [2.05, 4.69) is 58.5 Å². The highest BCUT2D eigenvalue weighted by molar-refractivity contribution is 5.61. The number of methoxy groups -OCH3 is 1. The third-order valence-electron chi connectivity index (χ3n) is 6.86. The number of anilines is 3. The summed E-state index contributed by atoms with van der Waals surface area (Å²) in [7, 11) is 1.68. The molecule has 36 heavy (non-hydrogen) atoms. The summed E-state index contributed by atoms with van der Waals surface area (Å²) in [5.74, 6) is 3.87. The molecule has 0 radical (unpaired) electrons. The van der Waals surface area contributed by atoms with Crippen molar-refractivity contribution in [3.05, 3.63) is 65.9 Å². The molecule has 0 aromatic carbocycles. The number of hydrogen-bond acceptors (Lipinski definition) is 9. The first-order valence-electron chi connectivity index (χ1n) is 12.1. The molecule has 7 rings (SSSR count). The van der Waals surface area contributed by atoms with Crippen molar-refractivity contribution < 1.29 is 4.74 Å². The molecule has 4 aromatic rings. The maximum atomic E-state index is 5.33. The van der Waals surface area contributed by atoms with Gasteiger partial charge in [0.05, 0.1) is 13.3 Å². The molecule has 2 bridgehead atoms. The van der Waals surface area contributed by atoms with Gasteiger partial charge in [0.1, 0.15) is 17.4 Å². The lowest BCUT2D eigenvalue weighted by atomic mass is 9.87. The smallest absolute Gasteiger partial charge is 0.163 e. The van der Waals surface area contributed by atoms with Crippen LogP contribution in [0.4, 0.5) is 17.5 Å². The minimum absolute atomic E-state index is 0.524. The van der Waals surface area contributed by atoms with Gasteiger partial charge >= 0.3 is 0 Å². The Labute approximate surface area is 209 Å². The van der Waals surface area contributed by atoms with Gasteiger partial charge in [-0.05, 0) is 44.0 Å². The van der Waals surface area contributed by atoms with Gasteiger partial charge in [-0.25, -0.2) is 15.0 Å². The van der Waals surface area contributed by atoms with Gasteiger partial charge < -0.3 is 15.0 Å². The lowest BCUT2D eigenvalue weighted by Crippen LogP contribution is -2.68. The largest absolute Gasteiger partial charge is 0.495 e. The number of ether oxygens (including phenoxy) is 1. The van der Waals surface area contributed by atoms with E-state index in [4.69, 9.17) is 9.72 Å². The fourth-order valence-electron chi connectivity index (χ4n) is 5.09. The number of hydrogen-bond donors (Lipinski definition) is 2. The van der Waals surface area contributed by atoms with E-state index in [1.807, 2.05) is 38.4 Å². The molecule has 0 saturated carbocycles. The van der Waals surface area contributed by atoms with Crippen LogP contribution in [0.2, 0.25) is 0 Å². The number of rotatable bonds is 7. The van der Waals surface area contributed by atoms with E-state index in [-0.39, 0.29) is 0 Å². The monoisotopic (exact) mass is 483 g/mol. The Balaban J connectivity index is 1.12. The van der Waals surface area contributed by atoms with E-state index in [0.717, 1.165) is 54.0 Å². The molecule has 10 heteroatoms. The summed E-state index contributed by atoms with van der Waals surface area (Å²) in [6.45, 7) is 6.76. The maximum absolute atomic E-state index is 5.33. The maximum Gasteiger partial charge on any atom is 0.163 e. The lowest BCUT2D eigenvalue weighted by molar-refractivity contribution is -0.00879. The van der Waals surface area contributed by atoms with Gasteiger partial charge in [0.15, 0.2) is 11.6 Å². The van der Waals surface area contributed by atoms with Crippen LogP contribution < -0.4 is 15.0 Å². The van der Waals surface area contributed by atoms with Crippen LogP contribution in [0, 0.1) is 13.8 Å². The van der Waals surface area contributed by atoms with Crippen LogP contribution in [-0.4, -0.2) is 67.3 Å². The van der Waals surface area contributed by atoms with E-state index in [1.165, 1.54) is 12.0 Å². The Morgan fingerprint density at radius 2 is 1.89 bits per heavy atom. The predicted molar refractivity (Wildman–Crippen MR) is 137 cm³/mol. The SMILES string of the molecule is COc1cncc(CN2C3CC2CN(c2ccc(-c4nc(C)cc(Nc5cc(C)[nH]n5)n4)cn2)C3)c1. The molecule has 3 saturated heterocycles. The first kappa shape index (κ1) is 22.4. The molecule has 10 nitrogen and oxygen atoms in total. The average molecular weight is 484 g/mol. The molecule has 2 unspecified atom stereocenters. The molecule has 0 amide bonds. The molecule has 7 heterocycles. The van der Waals surface area contributed by atoms with Crippen molar-refractivity contribution in [1.29, 1.82) is 0 Å². The predicted octanol–water partition coefficient (Wildman–Crippen LogP) is 3.49. The fraction of sp³-hybridized carbons (Fsp3) is 0.346. The topological polar surface area (TPSA) is 108 Å². The molecule has 0 aliphatic carbocycles. The summed E-state index contributed by atoms with van der Waals surface area (Å²) in [6.07, 6.45) is 6.77. The highest BCUT2D eigenvalue weighted by Gasteiger charge is 2.44. The highest BCUT2D eigenvalue weighted by atomic mass is 16.5. The van der Waals surface area contributed by atoms with Crippen LogP contribution in [0.1, 0.15) is 23.4 Å². The van der Waals surface area contributed by atoms with Gasteiger partial charge in [0.25, 0.3) is 0 Å². The number of aryl methyl sites for hydroxylation is 2. The number of pyridine rings is 2. The van der Waals surface area contributed by atoms with Gasteiger partial charge in [-0.1, -0.05) is 0 Å². The Bertz CT molecular complexity index is 1360. The lowest BCUT2D eigenvalue weighted by Gasteiger charge is -2.56. The van der Waals surface area contributed by atoms with Crippen LogP contribution in [0.5, 0.6) is 5.75 Å². The molecule has 3 aliphatic rings. The molecule has 3 fully saturated rings. The molecule has 2 atom stereocenters. The molecular formula is C26H29N9O. The highest BCUT2D eigenvalue weighted by Crippen LogP contribution is 2.36. The number of piperazine rings is 1. The van der Waals surface area contributed by atoms with E-state index in [1.54, 1.807) is 13.3 Å². The van der Waals surface area contributed by atoms with Crippen LogP contribution in [0.3, 0.4) is 0 Å². The van der Waals surface area contributed by atoms with Crippen molar-refractivity contribution >= 4 is 17.5 Å². The number of piperidine rings is 1. The fourth-order valence-corrected chi connectivity index (χ4v) is 5.09. The Hall–Kier alpha value is -4.05. The van der Waals surface area contributed by atoms with Crippen molar-refractivity contribution in [2.24, 2.45) is 0 Å². The minimum Gasteiger partial charge on any atom is -0.495 e. The van der Waals surface area contributed by atoms with Crippen molar-refractivity contribution in [2.45, 2.75) is 38.9 Å². The molecule has 0 spiro atoms. The quantitative estimate of drug-likeness (QED) is 0.408. The zero-order chi connectivity index (χ0) is 24.6. The molecule has 4 aromatic heterocycles. The Morgan fingerprint density at radius 1 is 1.03 bits per heavy atom. The van der Waals surface area contributed by atoms with E-state index < -0.39 is 0 Å². The average Bonchev–Trinajstić information content (AvgIpc) is 3.31. The Morgan fingerprint density at radius 3 is 2.61 bits per heavy atom. The summed E-state index contributed by atoms with van der Waals surface area (Å²) in [4.78, 5) is 23.3. The second-order valence-electron chi connectivity index (χ2n) is 9.54. The Kier molecular flexibility index (Phi) is 5.73. The minimum atomic E-state index is 0.524. The van der Waals surface area contributed by atoms with E-state index in [0.29, 0.717) is 23.7 Å². The standard InChI is InChI=1S/C26H29N9O/c1-16-6-23(30-24-7-17(2)32-33-24)31-26(29-16)19-4-5-25(28-11-19)34-14-20-9-21(15-34)35(20)13-18-8-22(36-3)12-27-10-18/h4-8,10-12,20-21H,9,13-15H2,1-3H3,(H2,29,30,31,32,33).